The van der Waals surface area contributed by atoms with Gasteiger partial charge in [0.15, 0.2) is 0 Å². The van der Waals surface area contributed by atoms with E-state index in [0.717, 1.165) is 46.1 Å². The van der Waals surface area contributed by atoms with Crippen molar-refractivity contribution in [3.63, 3.8) is 0 Å². The first kappa shape index (κ1) is 17.0. The number of para-hydroxylation sites is 1. The summed E-state index contributed by atoms with van der Waals surface area (Å²) in [5.41, 5.74) is 4.31. The van der Waals surface area contributed by atoms with Crippen LogP contribution in [-0.2, 0) is 10.8 Å². The van der Waals surface area contributed by atoms with Crippen molar-refractivity contribution in [1.82, 2.24) is 4.98 Å². The molecule has 2 heterocycles. The molecule has 4 nitrogen and oxygen atoms in total. The molecule has 140 valence electrons. The molecule has 2 unspecified atom stereocenters. The van der Waals surface area contributed by atoms with E-state index >= 15 is 0 Å². The normalized spacial score (nSPS) is 21.1. The summed E-state index contributed by atoms with van der Waals surface area (Å²) in [6.45, 7) is 1.50. The number of aromatic nitrogens is 1. The van der Waals surface area contributed by atoms with Crippen LogP contribution in [0.15, 0.2) is 53.4 Å². The summed E-state index contributed by atoms with van der Waals surface area (Å²) in [6, 6.07) is 16.6. The second-order valence-electron chi connectivity index (χ2n) is 7.79. The Morgan fingerprint density at radius 1 is 1.11 bits per heavy atom. The van der Waals surface area contributed by atoms with Crippen molar-refractivity contribution in [2.75, 3.05) is 23.7 Å². The highest BCUT2D eigenvalue weighted by Gasteiger charge is 2.26. The summed E-state index contributed by atoms with van der Waals surface area (Å²) in [6.07, 6.45) is 2.94. The molecular weight excluding hydrogens is 356 g/mol. The smallest absolute Gasteiger partial charge is 0.0731 e. The first-order chi connectivity index (χ1) is 13.2. The van der Waals surface area contributed by atoms with E-state index in [4.69, 9.17) is 0 Å². The van der Waals surface area contributed by atoms with E-state index in [1.165, 1.54) is 18.2 Å². The van der Waals surface area contributed by atoms with E-state index in [1.807, 2.05) is 18.2 Å². The Labute approximate surface area is 161 Å². The van der Waals surface area contributed by atoms with E-state index < -0.39 is 10.8 Å². The summed E-state index contributed by atoms with van der Waals surface area (Å²) in [5, 5.41) is 11.2. The Bertz CT molecular complexity index is 975. The summed E-state index contributed by atoms with van der Waals surface area (Å²) < 4.78 is 12.8. The SMILES string of the molecule is O=S(CC1CC1)c1ccc(N2CCC(O)C2)c(-c2cc3ccccc3[nH]2)c1. The van der Waals surface area contributed by atoms with Crippen molar-refractivity contribution in [2.24, 2.45) is 5.92 Å². The molecule has 1 saturated carbocycles. The summed E-state index contributed by atoms with van der Waals surface area (Å²) in [7, 11) is -0.951. The highest BCUT2D eigenvalue weighted by molar-refractivity contribution is 7.85. The van der Waals surface area contributed by atoms with Gasteiger partial charge >= 0.3 is 0 Å². The van der Waals surface area contributed by atoms with Crippen LogP contribution >= 0.6 is 0 Å². The van der Waals surface area contributed by atoms with E-state index in [1.54, 1.807) is 0 Å². The lowest BCUT2D eigenvalue weighted by Gasteiger charge is -2.22. The van der Waals surface area contributed by atoms with E-state index in [2.05, 4.69) is 40.2 Å². The first-order valence-electron chi connectivity index (χ1n) is 9.71. The number of hydrogen-bond acceptors (Lipinski definition) is 3. The van der Waals surface area contributed by atoms with Gasteiger partial charge < -0.3 is 15.0 Å². The van der Waals surface area contributed by atoms with Crippen LogP contribution in [0.2, 0.25) is 0 Å². The van der Waals surface area contributed by atoms with Crippen molar-refractivity contribution in [3.05, 3.63) is 48.5 Å². The molecule has 1 saturated heterocycles. The topological polar surface area (TPSA) is 56.3 Å². The average Bonchev–Trinajstić information content (AvgIpc) is 3.22. The van der Waals surface area contributed by atoms with Crippen molar-refractivity contribution < 1.29 is 9.32 Å². The van der Waals surface area contributed by atoms with Gasteiger partial charge in [0.2, 0.25) is 0 Å². The number of nitrogens with zero attached hydrogens (tertiary/aromatic N) is 1. The van der Waals surface area contributed by atoms with Gasteiger partial charge in [-0.1, -0.05) is 18.2 Å². The van der Waals surface area contributed by atoms with E-state index in [9.17, 15) is 9.32 Å². The van der Waals surface area contributed by atoms with Gasteiger partial charge in [0.05, 0.1) is 16.9 Å². The van der Waals surface area contributed by atoms with Gasteiger partial charge in [-0.15, -0.1) is 0 Å². The Hall–Kier alpha value is -2.11. The maximum Gasteiger partial charge on any atom is 0.0731 e. The maximum atomic E-state index is 12.8. The van der Waals surface area contributed by atoms with Crippen molar-refractivity contribution in [1.29, 1.82) is 0 Å². The first-order valence-corrected chi connectivity index (χ1v) is 11.0. The third-order valence-corrected chi connectivity index (χ3v) is 7.19. The second-order valence-corrected chi connectivity index (χ2v) is 9.29. The number of fused-ring (bicyclic) bond motifs is 1. The molecule has 0 amide bonds. The Kier molecular flexibility index (Phi) is 4.29. The van der Waals surface area contributed by atoms with Gasteiger partial charge in [0.1, 0.15) is 0 Å². The number of β-amino-alcohol motifs (C(OH)–C–C–N with tert-alkyl or cyclic N) is 1. The second kappa shape index (κ2) is 6.80. The molecule has 1 aliphatic heterocycles. The minimum atomic E-state index is -0.951. The van der Waals surface area contributed by atoms with Crippen molar-refractivity contribution >= 4 is 27.4 Å². The third-order valence-electron chi connectivity index (χ3n) is 5.64. The van der Waals surface area contributed by atoms with Crippen LogP contribution in [0.5, 0.6) is 0 Å². The molecule has 0 spiro atoms. The van der Waals surface area contributed by atoms with Crippen molar-refractivity contribution in [3.8, 4) is 11.3 Å². The molecule has 2 N–H and O–H groups in total. The lowest BCUT2D eigenvalue weighted by atomic mass is 10.1. The molecule has 0 bridgehead atoms. The third kappa shape index (κ3) is 3.42. The number of aliphatic hydroxyl groups is 1. The number of aromatic amines is 1. The zero-order valence-electron chi connectivity index (χ0n) is 15.2. The molecule has 5 heteroatoms. The molecule has 3 aromatic rings. The number of anilines is 1. The van der Waals surface area contributed by atoms with Crippen LogP contribution < -0.4 is 4.90 Å². The predicted octanol–water partition coefficient (Wildman–Crippen LogP) is 3.92. The zero-order valence-corrected chi connectivity index (χ0v) is 16.0. The molecule has 2 aromatic carbocycles. The van der Waals surface area contributed by atoms with Gasteiger partial charge in [-0.25, -0.2) is 0 Å². The number of nitrogens with one attached hydrogen (secondary N) is 1. The van der Waals surface area contributed by atoms with Crippen LogP contribution in [0, 0.1) is 5.92 Å². The molecule has 2 fully saturated rings. The molecule has 2 atom stereocenters. The van der Waals surface area contributed by atoms with E-state index in [-0.39, 0.29) is 6.10 Å². The molecule has 1 aromatic heterocycles. The summed E-state index contributed by atoms with van der Waals surface area (Å²) in [4.78, 5) is 6.66. The predicted molar refractivity (Wildman–Crippen MR) is 111 cm³/mol. The summed E-state index contributed by atoms with van der Waals surface area (Å²) >= 11 is 0. The van der Waals surface area contributed by atoms with Gasteiger partial charge in [-0.05, 0) is 55.5 Å². The number of rotatable bonds is 5. The molecule has 2 aliphatic rings. The van der Waals surface area contributed by atoms with Crippen LogP contribution in [0.1, 0.15) is 19.3 Å². The lowest BCUT2D eigenvalue weighted by Crippen LogP contribution is -2.22. The fourth-order valence-corrected chi connectivity index (χ4v) is 5.35. The van der Waals surface area contributed by atoms with Gasteiger partial charge in [0, 0.05) is 51.6 Å². The molecule has 5 rings (SSSR count). The van der Waals surface area contributed by atoms with Gasteiger partial charge in [0.25, 0.3) is 0 Å². The van der Waals surface area contributed by atoms with E-state index in [0.29, 0.717) is 12.5 Å². The van der Waals surface area contributed by atoms with Gasteiger partial charge in [-0.2, -0.15) is 0 Å². The van der Waals surface area contributed by atoms with Crippen molar-refractivity contribution in [2.45, 2.75) is 30.3 Å². The van der Waals surface area contributed by atoms with Crippen LogP contribution in [-0.4, -0.2) is 39.2 Å². The average molecular weight is 381 g/mol. The highest BCUT2D eigenvalue weighted by Crippen LogP contribution is 2.37. The number of hydrogen-bond donors (Lipinski definition) is 2. The molecule has 1 aliphatic carbocycles. The fourth-order valence-electron chi connectivity index (χ4n) is 3.92. The number of benzene rings is 2. The lowest BCUT2D eigenvalue weighted by molar-refractivity contribution is 0.198. The Morgan fingerprint density at radius 3 is 2.70 bits per heavy atom. The Morgan fingerprint density at radius 2 is 1.96 bits per heavy atom. The van der Waals surface area contributed by atoms with Crippen LogP contribution in [0.3, 0.4) is 0 Å². The minimum Gasteiger partial charge on any atom is -0.391 e. The highest BCUT2D eigenvalue weighted by atomic mass is 32.2. The fraction of sp³-hybridized carbons (Fsp3) is 0.364. The Balaban J connectivity index is 1.58. The molecule has 0 radical (unpaired) electrons. The minimum absolute atomic E-state index is 0.274. The van der Waals surface area contributed by atoms with Crippen LogP contribution in [0.25, 0.3) is 22.2 Å². The van der Waals surface area contributed by atoms with Crippen LogP contribution in [0.4, 0.5) is 5.69 Å². The standard InChI is InChI=1S/C22H24N2O2S/c25-17-9-10-24(13-17)22-8-7-18(27(26)14-15-5-6-15)12-19(22)21-11-16-3-1-2-4-20(16)23-21/h1-4,7-8,11-12,15,17,23,25H,5-6,9-10,13-14H2. The number of aliphatic hydroxyl groups excluding tert-OH is 1. The number of H-pyrrole nitrogens is 1. The summed E-state index contributed by atoms with van der Waals surface area (Å²) in [5.74, 6) is 1.41. The molecule has 27 heavy (non-hydrogen) atoms. The van der Waals surface area contributed by atoms with Gasteiger partial charge in [-0.3, -0.25) is 4.21 Å². The molecular formula is C22H24N2O2S. The zero-order chi connectivity index (χ0) is 18.4. The maximum absolute atomic E-state index is 12.8. The monoisotopic (exact) mass is 380 g/mol. The quantitative estimate of drug-likeness (QED) is 0.705. The largest absolute Gasteiger partial charge is 0.391 e.